The first kappa shape index (κ1) is 8.23. The highest BCUT2D eigenvalue weighted by Crippen LogP contribution is 2.21. The van der Waals surface area contributed by atoms with Crippen molar-refractivity contribution in [2.75, 3.05) is 0 Å². The predicted octanol–water partition coefficient (Wildman–Crippen LogP) is 2.26. The van der Waals surface area contributed by atoms with Crippen LogP contribution in [0.25, 0.3) is 11.0 Å². The van der Waals surface area contributed by atoms with Crippen LogP contribution in [-0.2, 0) is 5.41 Å². The Morgan fingerprint density at radius 2 is 2.00 bits per heavy atom. The molecule has 0 unspecified atom stereocenters. The number of hydrogen-bond donors (Lipinski definition) is 1. The van der Waals surface area contributed by atoms with Gasteiger partial charge in [0.15, 0.2) is 0 Å². The van der Waals surface area contributed by atoms with E-state index in [0.29, 0.717) is 0 Å². The summed E-state index contributed by atoms with van der Waals surface area (Å²) in [6.45, 7) is 6.39. The van der Waals surface area contributed by atoms with Crippen LogP contribution in [-0.4, -0.2) is 15.2 Å². The molecule has 0 aliphatic rings. The lowest BCUT2D eigenvalue weighted by Crippen LogP contribution is -2.13. The number of nitrogens with zero attached hydrogens (tertiary/aromatic N) is 2. The molecule has 2 heterocycles. The lowest BCUT2D eigenvalue weighted by molar-refractivity contribution is 0.561. The maximum atomic E-state index is 4.18. The fourth-order valence-corrected chi connectivity index (χ4v) is 1.22. The van der Waals surface area contributed by atoms with Crippen LogP contribution in [0.4, 0.5) is 0 Å². The normalized spacial score (nSPS) is 12.2. The average Bonchev–Trinajstić information content (AvgIpc) is 2.47. The summed E-state index contributed by atoms with van der Waals surface area (Å²) < 4.78 is 0. The van der Waals surface area contributed by atoms with Crippen LogP contribution in [0.2, 0.25) is 0 Å². The standard InChI is InChI=1S/C10H13N3/c1-10(2,3)9-6-8-7(12-13-9)4-5-11-8/h4-6,11H,1-3H3. The molecule has 0 bridgehead atoms. The van der Waals surface area contributed by atoms with Crippen LogP contribution in [0.1, 0.15) is 26.5 Å². The van der Waals surface area contributed by atoms with Crippen molar-refractivity contribution in [1.29, 1.82) is 0 Å². The van der Waals surface area contributed by atoms with Crippen molar-refractivity contribution in [3.8, 4) is 0 Å². The van der Waals surface area contributed by atoms with Gasteiger partial charge in [0.25, 0.3) is 0 Å². The second-order valence-electron chi connectivity index (χ2n) is 4.26. The SMILES string of the molecule is CC(C)(C)c1cc2[nH]ccc2nn1. The number of rotatable bonds is 0. The molecule has 0 aliphatic carbocycles. The van der Waals surface area contributed by atoms with E-state index in [1.54, 1.807) is 0 Å². The smallest absolute Gasteiger partial charge is 0.111 e. The van der Waals surface area contributed by atoms with Gasteiger partial charge >= 0.3 is 0 Å². The largest absolute Gasteiger partial charge is 0.360 e. The van der Waals surface area contributed by atoms with Gasteiger partial charge in [-0.1, -0.05) is 20.8 Å². The van der Waals surface area contributed by atoms with Gasteiger partial charge < -0.3 is 4.98 Å². The van der Waals surface area contributed by atoms with E-state index in [-0.39, 0.29) is 5.41 Å². The van der Waals surface area contributed by atoms with Crippen LogP contribution >= 0.6 is 0 Å². The highest BCUT2D eigenvalue weighted by atomic mass is 15.1. The summed E-state index contributed by atoms with van der Waals surface area (Å²) in [5, 5.41) is 8.31. The summed E-state index contributed by atoms with van der Waals surface area (Å²) in [4.78, 5) is 3.13. The molecule has 3 nitrogen and oxygen atoms in total. The number of aromatic amines is 1. The third-order valence-corrected chi connectivity index (χ3v) is 2.07. The Kier molecular flexibility index (Phi) is 1.62. The third kappa shape index (κ3) is 1.41. The van der Waals surface area contributed by atoms with E-state index in [0.717, 1.165) is 16.7 Å². The molecule has 0 fully saturated rings. The molecular formula is C10H13N3. The van der Waals surface area contributed by atoms with Crippen molar-refractivity contribution in [1.82, 2.24) is 15.2 Å². The summed E-state index contributed by atoms with van der Waals surface area (Å²) in [5.74, 6) is 0. The molecule has 1 N–H and O–H groups in total. The minimum absolute atomic E-state index is 0.0618. The Balaban J connectivity index is 2.61. The quantitative estimate of drug-likeness (QED) is 0.667. The van der Waals surface area contributed by atoms with Crippen molar-refractivity contribution < 1.29 is 0 Å². The van der Waals surface area contributed by atoms with E-state index >= 15 is 0 Å². The van der Waals surface area contributed by atoms with Gasteiger partial charge in [-0.15, -0.1) is 5.10 Å². The maximum Gasteiger partial charge on any atom is 0.111 e. The van der Waals surface area contributed by atoms with Crippen molar-refractivity contribution >= 4 is 11.0 Å². The Hall–Kier alpha value is -1.38. The molecule has 3 heteroatoms. The summed E-state index contributed by atoms with van der Waals surface area (Å²) in [5.41, 5.74) is 3.06. The minimum atomic E-state index is 0.0618. The van der Waals surface area contributed by atoms with Crippen molar-refractivity contribution in [3.05, 3.63) is 24.0 Å². The summed E-state index contributed by atoms with van der Waals surface area (Å²) in [7, 11) is 0. The van der Waals surface area contributed by atoms with Crippen LogP contribution in [0.3, 0.4) is 0 Å². The Morgan fingerprint density at radius 1 is 1.23 bits per heavy atom. The summed E-state index contributed by atoms with van der Waals surface area (Å²) >= 11 is 0. The first-order valence-corrected chi connectivity index (χ1v) is 4.39. The molecule has 13 heavy (non-hydrogen) atoms. The van der Waals surface area contributed by atoms with Crippen LogP contribution in [0, 0.1) is 0 Å². The zero-order valence-electron chi connectivity index (χ0n) is 8.13. The van der Waals surface area contributed by atoms with Gasteiger partial charge in [-0.05, 0) is 12.1 Å². The first-order chi connectivity index (χ1) is 6.07. The fourth-order valence-electron chi connectivity index (χ4n) is 1.22. The molecule has 0 aliphatic heterocycles. The molecule has 0 aromatic carbocycles. The van der Waals surface area contributed by atoms with Gasteiger partial charge in [0, 0.05) is 11.6 Å². The van der Waals surface area contributed by atoms with Crippen molar-refractivity contribution in [2.24, 2.45) is 0 Å². The number of aromatic nitrogens is 3. The van der Waals surface area contributed by atoms with Gasteiger partial charge in [0.1, 0.15) is 5.52 Å². The molecule has 0 radical (unpaired) electrons. The van der Waals surface area contributed by atoms with Crippen molar-refractivity contribution in [2.45, 2.75) is 26.2 Å². The highest BCUT2D eigenvalue weighted by Gasteiger charge is 2.16. The van der Waals surface area contributed by atoms with Crippen LogP contribution in [0.15, 0.2) is 18.3 Å². The molecule has 0 saturated heterocycles. The van der Waals surface area contributed by atoms with E-state index in [1.807, 2.05) is 12.3 Å². The van der Waals surface area contributed by atoms with E-state index in [1.165, 1.54) is 0 Å². The second-order valence-corrected chi connectivity index (χ2v) is 4.26. The van der Waals surface area contributed by atoms with Crippen LogP contribution in [0.5, 0.6) is 0 Å². The number of H-pyrrole nitrogens is 1. The zero-order chi connectivity index (χ0) is 9.47. The van der Waals surface area contributed by atoms with Gasteiger partial charge in [-0.2, -0.15) is 5.10 Å². The molecule has 2 aromatic rings. The van der Waals surface area contributed by atoms with Crippen molar-refractivity contribution in [3.63, 3.8) is 0 Å². The first-order valence-electron chi connectivity index (χ1n) is 4.39. The Bertz CT molecular complexity index is 423. The molecule has 0 amide bonds. The molecule has 0 spiro atoms. The Morgan fingerprint density at radius 3 is 2.69 bits per heavy atom. The fraction of sp³-hybridized carbons (Fsp3) is 0.400. The molecule has 0 saturated carbocycles. The molecule has 2 rings (SSSR count). The highest BCUT2D eigenvalue weighted by molar-refractivity contribution is 5.74. The van der Waals surface area contributed by atoms with Gasteiger partial charge in [-0.3, -0.25) is 0 Å². The van der Waals surface area contributed by atoms with Gasteiger partial charge in [-0.25, -0.2) is 0 Å². The zero-order valence-corrected chi connectivity index (χ0v) is 8.13. The van der Waals surface area contributed by atoms with E-state index in [9.17, 15) is 0 Å². The average molecular weight is 175 g/mol. The third-order valence-electron chi connectivity index (χ3n) is 2.07. The maximum absolute atomic E-state index is 4.18. The van der Waals surface area contributed by atoms with E-state index in [2.05, 4.69) is 42.0 Å². The number of fused-ring (bicyclic) bond motifs is 1. The molecular weight excluding hydrogens is 162 g/mol. The molecule has 2 aromatic heterocycles. The molecule has 68 valence electrons. The van der Waals surface area contributed by atoms with Gasteiger partial charge in [0.05, 0.1) is 11.2 Å². The van der Waals surface area contributed by atoms with Gasteiger partial charge in [0.2, 0.25) is 0 Å². The number of nitrogens with one attached hydrogen (secondary N) is 1. The molecule has 0 atom stereocenters. The number of hydrogen-bond acceptors (Lipinski definition) is 2. The van der Waals surface area contributed by atoms with E-state index < -0.39 is 0 Å². The lowest BCUT2D eigenvalue weighted by atomic mass is 9.92. The summed E-state index contributed by atoms with van der Waals surface area (Å²) in [6, 6.07) is 3.98. The summed E-state index contributed by atoms with van der Waals surface area (Å²) in [6.07, 6.45) is 1.88. The minimum Gasteiger partial charge on any atom is -0.360 e. The Labute approximate surface area is 77.2 Å². The van der Waals surface area contributed by atoms with Crippen LogP contribution < -0.4 is 0 Å². The van der Waals surface area contributed by atoms with E-state index in [4.69, 9.17) is 0 Å². The monoisotopic (exact) mass is 175 g/mol. The predicted molar refractivity (Wildman–Crippen MR) is 52.6 cm³/mol. The lowest BCUT2D eigenvalue weighted by Gasteiger charge is -2.16. The topological polar surface area (TPSA) is 41.6 Å². The second kappa shape index (κ2) is 2.55.